The molecule has 0 saturated carbocycles. The fourth-order valence-corrected chi connectivity index (χ4v) is 1.69. The summed E-state index contributed by atoms with van der Waals surface area (Å²) >= 11 is 0. The van der Waals surface area contributed by atoms with Gasteiger partial charge in [0.25, 0.3) is 0 Å². The molecule has 1 aromatic rings. The molecule has 0 bridgehead atoms. The van der Waals surface area contributed by atoms with Crippen LogP contribution in [0.15, 0.2) is 17.2 Å². The van der Waals surface area contributed by atoms with Crippen LogP contribution >= 0.6 is 0 Å². The highest BCUT2D eigenvalue weighted by atomic mass is 16.7. The fraction of sp³-hybridized carbons (Fsp3) is 0.750. The summed E-state index contributed by atoms with van der Waals surface area (Å²) < 4.78 is 14.2. The molecule has 17 heavy (non-hydrogen) atoms. The highest BCUT2D eigenvalue weighted by Gasteiger charge is 2.11. The summed E-state index contributed by atoms with van der Waals surface area (Å²) in [5.74, 6) is 0. The number of aromatic nitrogens is 2. The van der Waals surface area contributed by atoms with E-state index in [9.17, 15) is 4.79 Å². The number of aryl methyl sites for hydroxylation is 1. The minimum Gasteiger partial charge on any atom is -0.351 e. The average molecular weight is 242 g/mol. The molecule has 0 unspecified atom stereocenters. The topological polar surface area (TPSA) is 45.4 Å². The smallest absolute Gasteiger partial charge is 0.328 e. The van der Waals surface area contributed by atoms with E-state index in [-0.39, 0.29) is 12.0 Å². The first-order valence-electron chi connectivity index (χ1n) is 6.21. The normalized spacial score (nSPS) is 11.3. The second-order valence-corrected chi connectivity index (χ2v) is 3.77. The summed E-state index contributed by atoms with van der Waals surface area (Å²) in [6.07, 6.45) is 4.19. The SMILES string of the molecule is CCCn1ccn(CC(OCC)OCC)c1=O. The van der Waals surface area contributed by atoms with E-state index in [1.165, 1.54) is 0 Å². The van der Waals surface area contributed by atoms with Crippen molar-refractivity contribution in [3.8, 4) is 0 Å². The number of nitrogens with zero attached hydrogens (tertiary/aromatic N) is 2. The number of hydrogen-bond acceptors (Lipinski definition) is 3. The Hall–Kier alpha value is -1.07. The highest BCUT2D eigenvalue weighted by Crippen LogP contribution is 1.99. The minimum atomic E-state index is -0.347. The van der Waals surface area contributed by atoms with Crippen LogP contribution in [-0.4, -0.2) is 28.6 Å². The van der Waals surface area contributed by atoms with Gasteiger partial charge in [-0.15, -0.1) is 0 Å². The quantitative estimate of drug-likeness (QED) is 0.648. The number of hydrogen-bond donors (Lipinski definition) is 0. The minimum absolute atomic E-state index is 0.00347. The fourth-order valence-electron chi connectivity index (χ4n) is 1.69. The largest absolute Gasteiger partial charge is 0.351 e. The third-order valence-electron chi connectivity index (χ3n) is 2.43. The molecule has 0 aromatic carbocycles. The molecule has 5 nitrogen and oxygen atoms in total. The van der Waals surface area contributed by atoms with Crippen LogP contribution in [-0.2, 0) is 22.6 Å². The van der Waals surface area contributed by atoms with Gasteiger partial charge in [-0.25, -0.2) is 4.79 Å². The molecule has 1 aromatic heterocycles. The van der Waals surface area contributed by atoms with Crippen molar-refractivity contribution in [2.24, 2.45) is 0 Å². The van der Waals surface area contributed by atoms with Gasteiger partial charge in [-0.2, -0.15) is 0 Å². The molecular formula is C12H22N2O3. The third kappa shape index (κ3) is 4.02. The molecular weight excluding hydrogens is 220 g/mol. The van der Waals surface area contributed by atoms with Gasteiger partial charge in [0.1, 0.15) is 0 Å². The van der Waals surface area contributed by atoms with E-state index in [1.54, 1.807) is 21.5 Å². The lowest BCUT2D eigenvalue weighted by molar-refractivity contribution is -0.143. The highest BCUT2D eigenvalue weighted by molar-refractivity contribution is 4.81. The molecule has 0 amide bonds. The van der Waals surface area contributed by atoms with Crippen LogP contribution in [0.3, 0.4) is 0 Å². The lowest BCUT2D eigenvalue weighted by Crippen LogP contribution is -2.31. The van der Waals surface area contributed by atoms with Gasteiger partial charge in [-0.1, -0.05) is 6.92 Å². The monoisotopic (exact) mass is 242 g/mol. The second kappa shape index (κ2) is 7.29. The molecule has 0 saturated heterocycles. The van der Waals surface area contributed by atoms with Crippen molar-refractivity contribution < 1.29 is 9.47 Å². The predicted octanol–water partition coefficient (Wildman–Crippen LogP) is 1.46. The van der Waals surface area contributed by atoms with Crippen LogP contribution in [0.2, 0.25) is 0 Å². The second-order valence-electron chi connectivity index (χ2n) is 3.77. The average Bonchev–Trinajstić information content (AvgIpc) is 2.63. The molecule has 0 fully saturated rings. The van der Waals surface area contributed by atoms with Gasteiger partial charge in [-0.3, -0.25) is 9.13 Å². The van der Waals surface area contributed by atoms with E-state index in [4.69, 9.17) is 9.47 Å². The molecule has 1 rings (SSSR count). The standard InChI is InChI=1S/C12H22N2O3/c1-4-7-13-8-9-14(12(13)15)10-11(16-5-2)17-6-3/h8-9,11H,4-7,10H2,1-3H3. The third-order valence-corrected chi connectivity index (χ3v) is 2.43. The predicted molar refractivity (Wildman–Crippen MR) is 66.0 cm³/mol. The first kappa shape index (κ1) is 14.0. The molecule has 0 N–H and O–H groups in total. The van der Waals surface area contributed by atoms with Crippen LogP contribution in [0.4, 0.5) is 0 Å². The molecule has 0 atom stereocenters. The van der Waals surface area contributed by atoms with Crippen molar-refractivity contribution in [3.05, 3.63) is 22.9 Å². The van der Waals surface area contributed by atoms with Crippen LogP contribution < -0.4 is 5.69 Å². The molecule has 5 heteroatoms. The summed E-state index contributed by atoms with van der Waals surface area (Å²) in [4.78, 5) is 11.9. The van der Waals surface area contributed by atoms with Crippen molar-refractivity contribution in [1.29, 1.82) is 0 Å². The summed E-state index contributed by atoms with van der Waals surface area (Å²) in [6.45, 7) is 8.22. The maximum absolute atomic E-state index is 11.9. The van der Waals surface area contributed by atoms with Gasteiger partial charge in [0, 0.05) is 32.2 Å². The van der Waals surface area contributed by atoms with Gasteiger partial charge in [0.2, 0.25) is 0 Å². The summed E-state index contributed by atoms with van der Waals surface area (Å²) in [7, 11) is 0. The molecule has 1 heterocycles. The molecule has 0 radical (unpaired) electrons. The molecule has 0 aliphatic carbocycles. The van der Waals surface area contributed by atoms with E-state index in [1.807, 2.05) is 20.8 Å². The zero-order valence-electron chi connectivity index (χ0n) is 10.9. The lowest BCUT2D eigenvalue weighted by Gasteiger charge is -2.16. The zero-order valence-corrected chi connectivity index (χ0v) is 10.9. The van der Waals surface area contributed by atoms with Crippen LogP contribution in [0.5, 0.6) is 0 Å². The summed E-state index contributed by atoms with van der Waals surface area (Å²) in [6, 6.07) is 0. The number of rotatable bonds is 8. The van der Waals surface area contributed by atoms with Crippen LogP contribution in [0, 0.1) is 0 Å². The van der Waals surface area contributed by atoms with Gasteiger partial charge < -0.3 is 9.47 Å². The Morgan fingerprint density at radius 2 is 1.71 bits per heavy atom. The Bertz CT molecular complexity index is 364. The first-order valence-corrected chi connectivity index (χ1v) is 6.21. The lowest BCUT2D eigenvalue weighted by atomic mass is 10.5. The van der Waals surface area contributed by atoms with E-state index < -0.39 is 0 Å². The molecule has 0 aliphatic rings. The Morgan fingerprint density at radius 3 is 2.24 bits per heavy atom. The van der Waals surface area contributed by atoms with E-state index >= 15 is 0 Å². The van der Waals surface area contributed by atoms with E-state index in [0.717, 1.165) is 13.0 Å². The Kier molecular flexibility index (Phi) is 6.00. The van der Waals surface area contributed by atoms with Gasteiger partial charge in [0.15, 0.2) is 6.29 Å². The Labute approximate surface area is 102 Å². The Morgan fingerprint density at radius 1 is 1.12 bits per heavy atom. The van der Waals surface area contributed by atoms with Crippen molar-refractivity contribution in [1.82, 2.24) is 9.13 Å². The first-order chi connectivity index (χ1) is 8.22. The molecule has 0 spiro atoms. The van der Waals surface area contributed by atoms with Crippen LogP contribution in [0.1, 0.15) is 27.2 Å². The summed E-state index contributed by atoms with van der Waals surface area (Å²) in [5.41, 5.74) is -0.00347. The number of imidazole rings is 1. The van der Waals surface area contributed by atoms with Crippen LogP contribution in [0.25, 0.3) is 0 Å². The summed E-state index contributed by atoms with van der Waals surface area (Å²) in [5, 5.41) is 0. The molecule has 98 valence electrons. The van der Waals surface area contributed by atoms with Crippen molar-refractivity contribution in [2.45, 2.75) is 46.6 Å². The van der Waals surface area contributed by atoms with Gasteiger partial charge in [0.05, 0.1) is 6.54 Å². The van der Waals surface area contributed by atoms with Gasteiger partial charge in [-0.05, 0) is 20.3 Å². The van der Waals surface area contributed by atoms with Gasteiger partial charge >= 0.3 is 5.69 Å². The van der Waals surface area contributed by atoms with Crippen molar-refractivity contribution in [2.75, 3.05) is 13.2 Å². The van der Waals surface area contributed by atoms with Crippen molar-refractivity contribution >= 4 is 0 Å². The maximum Gasteiger partial charge on any atom is 0.328 e. The maximum atomic E-state index is 11.9. The zero-order chi connectivity index (χ0) is 12.7. The van der Waals surface area contributed by atoms with E-state index in [0.29, 0.717) is 19.8 Å². The molecule has 0 aliphatic heterocycles. The Balaban J connectivity index is 2.68. The number of ether oxygens (including phenoxy) is 2. The van der Waals surface area contributed by atoms with Crippen molar-refractivity contribution in [3.63, 3.8) is 0 Å². The van der Waals surface area contributed by atoms with E-state index in [2.05, 4.69) is 0 Å².